The Kier molecular flexibility index (Phi) is 1.79. The molecule has 0 aliphatic carbocycles. The highest BCUT2D eigenvalue weighted by atomic mass is 16.7. The molecule has 1 atom stereocenters. The average molecular weight is 156 g/mol. The molecule has 2 fully saturated rings. The molecule has 11 heavy (non-hydrogen) atoms. The maximum absolute atomic E-state index is 11.1. The first kappa shape index (κ1) is 7.06. The Morgan fingerprint density at radius 3 is 3.09 bits per heavy atom. The van der Waals surface area contributed by atoms with E-state index in [0.717, 1.165) is 19.5 Å². The van der Waals surface area contributed by atoms with E-state index in [1.165, 1.54) is 0 Å². The average Bonchev–Trinajstić information content (AvgIpc) is 2.55. The van der Waals surface area contributed by atoms with Gasteiger partial charge in [0.15, 0.2) is 0 Å². The van der Waals surface area contributed by atoms with Crippen molar-refractivity contribution in [2.24, 2.45) is 0 Å². The summed E-state index contributed by atoms with van der Waals surface area (Å²) in [6.07, 6.45) is 1.57. The van der Waals surface area contributed by atoms with Gasteiger partial charge in [0.2, 0.25) is 5.91 Å². The van der Waals surface area contributed by atoms with E-state index in [2.05, 4.69) is 5.32 Å². The van der Waals surface area contributed by atoms with E-state index in [0.29, 0.717) is 13.0 Å². The number of nitrogens with zero attached hydrogens (tertiary/aromatic N) is 1. The second-order valence-electron chi connectivity index (χ2n) is 2.95. The highest BCUT2D eigenvalue weighted by molar-refractivity contribution is 5.76. The fraction of sp³-hybridized carbons (Fsp3) is 0.857. The lowest BCUT2D eigenvalue weighted by molar-refractivity contribution is -0.171. The van der Waals surface area contributed by atoms with Crippen LogP contribution in [-0.2, 0) is 9.63 Å². The van der Waals surface area contributed by atoms with Gasteiger partial charge >= 0.3 is 0 Å². The summed E-state index contributed by atoms with van der Waals surface area (Å²) in [5, 5.41) is 4.74. The van der Waals surface area contributed by atoms with Crippen LogP contribution in [0.5, 0.6) is 0 Å². The van der Waals surface area contributed by atoms with Gasteiger partial charge in [0.05, 0.1) is 19.1 Å². The molecule has 4 heteroatoms. The molecule has 62 valence electrons. The molecule has 1 unspecified atom stereocenters. The van der Waals surface area contributed by atoms with Crippen molar-refractivity contribution < 1.29 is 9.63 Å². The van der Waals surface area contributed by atoms with Crippen molar-refractivity contribution in [1.29, 1.82) is 0 Å². The zero-order valence-electron chi connectivity index (χ0n) is 6.38. The van der Waals surface area contributed by atoms with Crippen LogP contribution in [0.25, 0.3) is 0 Å². The Balaban J connectivity index is 1.97. The molecule has 0 bridgehead atoms. The molecule has 0 aromatic rings. The predicted octanol–water partition coefficient (Wildman–Crippen LogP) is -0.488. The molecular formula is C7H12N2O2. The van der Waals surface area contributed by atoms with Crippen LogP contribution in [0.15, 0.2) is 0 Å². The Labute approximate surface area is 65.5 Å². The molecule has 1 amide bonds. The Hall–Kier alpha value is -0.610. The summed E-state index contributed by atoms with van der Waals surface area (Å²) in [6, 6.07) is 0.282. The monoisotopic (exact) mass is 156 g/mol. The smallest absolute Gasteiger partial charge is 0.248 e. The first-order chi connectivity index (χ1) is 5.38. The molecule has 2 aliphatic heterocycles. The lowest BCUT2D eigenvalue weighted by Gasteiger charge is -2.20. The molecule has 0 aromatic carbocycles. The second-order valence-corrected chi connectivity index (χ2v) is 2.95. The summed E-state index contributed by atoms with van der Waals surface area (Å²) in [5.41, 5.74) is 0. The molecule has 1 N–H and O–H groups in total. The van der Waals surface area contributed by atoms with Gasteiger partial charge in [0.25, 0.3) is 0 Å². The minimum absolute atomic E-state index is 0.138. The summed E-state index contributed by atoms with van der Waals surface area (Å²) in [6.45, 7) is 2.44. The van der Waals surface area contributed by atoms with Gasteiger partial charge in [-0.3, -0.25) is 9.63 Å². The van der Waals surface area contributed by atoms with Gasteiger partial charge in [-0.1, -0.05) is 0 Å². The lowest BCUT2D eigenvalue weighted by Crippen LogP contribution is -2.36. The first-order valence-electron chi connectivity index (χ1n) is 4.03. The van der Waals surface area contributed by atoms with E-state index >= 15 is 0 Å². The van der Waals surface area contributed by atoms with Gasteiger partial charge in [-0.15, -0.1) is 0 Å². The van der Waals surface area contributed by atoms with E-state index in [9.17, 15) is 4.79 Å². The van der Waals surface area contributed by atoms with E-state index < -0.39 is 0 Å². The maximum Gasteiger partial charge on any atom is 0.248 e. The third-order valence-corrected chi connectivity index (χ3v) is 2.16. The van der Waals surface area contributed by atoms with Gasteiger partial charge in [0, 0.05) is 6.54 Å². The fourth-order valence-corrected chi connectivity index (χ4v) is 1.56. The van der Waals surface area contributed by atoms with Crippen LogP contribution in [0.4, 0.5) is 0 Å². The number of hydrogen-bond acceptors (Lipinski definition) is 3. The Morgan fingerprint density at radius 1 is 1.64 bits per heavy atom. The molecule has 2 saturated heterocycles. The molecule has 4 nitrogen and oxygen atoms in total. The predicted molar refractivity (Wildman–Crippen MR) is 38.7 cm³/mol. The van der Waals surface area contributed by atoms with Crippen LogP contribution in [0.2, 0.25) is 0 Å². The fourth-order valence-electron chi connectivity index (χ4n) is 1.56. The van der Waals surface area contributed by atoms with Crippen LogP contribution in [0, 0.1) is 0 Å². The van der Waals surface area contributed by atoms with E-state index in [1.807, 2.05) is 0 Å². The number of nitrogens with one attached hydrogen (secondary N) is 1. The highest BCUT2D eigenvalue weighted by Gasteiger charge is 2.31. The van der Waals surface area contributed by atoms with Gasteiger partial charge in [0.1, 0.15) is 0 Å². The van der Waals surface area contributed by atoms with E-state index in [-0.39, 0.29) is 11.9 Å². The molecule has 0 aromatic heterocycles. The number of hydrogen-bond donors (Lipinski definition) is 1. The lowest BCUT2D eigenvalue weighted by atomic mass is 10.2. The van der Waals surface area contributed by atoms with E-state index in [1.54, 1.807) is 5.06 Å². The molecule has 0 saturated carbocycles. The van der Waals surface area contributed by atoms with Crippen LogP contribution in [0.1, 0.15) is 12.8 Å². The molecule has 0 radical (unpaired) electrons. The van der Waals surface area contributed by atoms with Crippen molar-refractivity contribution in [3.05, 3.63) is 0 Å². The summed E-state index contributed by atoms with van der Waals surface area (Å²) >= 11 is 0. The van der Waals surface area contributed by atoms with Gasteiger partial charge in [-0.25, -0.2) is 5.06 Å². The maximum atomic E-state index is 11.1. The minimum atomic E-state index is 0.138. The first-order valence-corrected chi connectivity index (χ1v) is 4.03. The van der Waals surface area contributed by atoms with Crippen molar-refractivity contribution in [3.8, 4) is 0 Å². The molecule has 2 rings (SSSR count). The zero-order valence-corrected chi connectivity index (χ0v) is 6.38. The quantitative estimate of drug-likeness (QED) is 0.557. The van der Waals surface area contributed by atoms with Crippen LogP contribution in [0.3, 0.4) is 0 Å². The minimum Gasteiger partial charge on any atom is -0.315 e. The summed E-state index contributed by atoms with van der Waals surface area (Å²) < 4.78 is 0. The van der Waals surface area contributed by atoms with Crippen molar-refractivity contribution in [3.63, 3.8) is 0 Å². The number of hydroxylamine groups is 2. The largest absolute Gasteiger partial charge is 0.315 e. The third kappa shape index (κ3) is 1.23. The van der Waals surface area contributed by atoms with Crippen molar-refractivity contribution in [1.82, 2.24) is 10.4 Å². The Bertz CT molecular complexity index is 166. The van der Waals surface area contributed by atoms with Crippen LogP contribution < -0.4 is 5.32 Å². The number of carbonyl (C=O) groups excluding carboxylic acids is 1. The number of rotatable bonds is 1. The Morgan fingerprint density at radius 2 is 2.55 bits per heavy atom. The van der Waals surface area contributed by atoms with Gasteiger partial charge < -0.3 is 5.32 Å². The van der Waals surface area contributed by atoms with Gasteiger partial charge in [-0.2, -0.15) is 0 Å². The van der Waals surface area contributed by atoms with Crippen LogP contribution in [-0.4, -0.2) is 36.7 Å². The molecule has 2 heterocycles. The summed E-state index contributed by atoms with van der Waals surface area (Å²) in [5.74, 6) is 0.138. The third-order valence-electron chi connectivity index (χ3n) is 2.16. The zero-order chi connectivity index (χ0) is 7.68. The van der Waals surface area contributed by atoms with Crippen molar-refractivity contribution in [2.45, 2.75) is 18.9 Å². The van der Waals surface area contributed by atoms with E-state index in [4.69, 9.17) is 4.84 Å². The van der Waals surface area contributed by atoms with Crippen LogP contribution >= 0.6 is 0 Å². The SMILES string of the molecule is O=C1CCON1C1CCNC1. The molecule has 2 aliphatic rings. The second kappa shape index (κ2) is 2.79. The normalized spacial score (nSPS) is 31.8. The van der Waals surface area contributed by atoms with Crippen molar-refractivity contribution >= 4 is 5.91 Å². The van der Waals surface area contributed by atoms with Gasteiger partial charge in [-0.05, 0) is 13.0 Å². The number of amides is 1. The number of carbonyl (C=O) groups is 1. The van der Waals surface area contributed by atoms with Crippen molar-refractivity contribution in [2.75, 3.05) is 19.7 Å². The highest BCUT2D eigenvalue weighted by Crippen LogP contribution is 2.15. The standard InChI is InChI=1S/C7H12N2O2/c10-7-2-4-11-9(7)6-1-3-8-5-6/h6,8H,1-5H2. The molecule has 0 spiro atoms. The topological polar surface area (TPSA) is 41.6 Å². The summed E-state index contributed by atoms with van der Waals surface area (Å²) in [7, 11) is 0. The molecular weight excluding hydrogens is 144 g/mol. The summed E-state index contributed by atoms with van der Waals surface area (Å²) in [4.78, 5) is 16.3.